The fourth-order valence-electron chi connectivity index (χ4n) is 2.40. The van der Waals surface area contributed by atoms with E-state index in [1.54, 1.807) is 25.1 Å². The van der Waals surface area contributed by atoms with Crippen molar-refractivity contribution in [2.45, 2.75) is 18.7 Å². The largest absolute Gasteiger partial charge is 0.495 e. The number of hydrogen-bond donors (Lipinski definition) is 1. The third-order valence-electron chi connectivity index (χ3n) is 3.91. The van der Waals surface area contributed by atoms with E-state index in [-0.39, 0.29) is 23.0 Å². The Labute approximate surface area is 169 Å². The van der Waals surface area contributed by atoms with Gasteiger partial charge >= 0.3 is 0 Å². The maximum absolute atomic E-state index is 12.8. The van der Waals surface area contributed by atoms with E-state index >= 15 is 0 Å². The van der Waals surface area contributed by atoms with Gasteiger partial charge in [-0.2, -0.15) is 4.31 Å². The number of hydrogen-bond acceptors (Lipinski definition) is 4. The number of rotatable bonds is 7. The molecule has 0 saturated heterocycles. The summed E-state index contributed by atoms with van der Waals surface area (Å²) in [5.74, 6) is -0.0989. The van der Waals surface area contributed by atoms with Crippen LogP contribution in [0.4, 0.5) is 5.69 Å². The highest BCUT2D eigenvalue weighted by Crippen LogP contribution is 2.28. The van der Waals surface area contributed by atoms with Crippen molar-refractivity contribution in [1.82, 2.24) is 4.31 Å². The first-order chi connectivity index (χ1) is 12.7. The minimum atomic E-state index is -3.90. The lowest BCUT2D eigenvalue weighted by atomic mass is 10.2. The van der Waals surface area contributed by atoms with Crippen LogP contribution in [0.15, 0.2) is 41.3 Å². The molecule has 0 atom stereocenters. The quantitative estimate of drug-likeness (QED) is 0.720. The van der Waals surface area contributed by atoms with Crippen LogP contribution in [0.5, 0.6) is 5.75 Å². The fraction of sp³-hybridized carbons (Fsp3) is 0.278. The molecule has 146 valence electrons. The van der Waals surface area contributed by atoms with Crippen molar-refractivity contribution in [3.05, 3.63) is 52.0 Å². The number of amides is 1. The predicted octanol–water partition coefficient (Wildman–Crippen LogP) is 3.96. The molecule has 1 N–H and O–H groups in total. The standard InChI is InChI=1S/C18H20Cl2N2O4S/c1-4-22(11-18(23)21-16-9-13(19)6-5-12(16)2)27(24,25)14-7-8-17(26-3)15(20)10-14/h5-10H,4,11H2,1-3H3,(H,21,23). The summed E-state index contributed by atoms with van der Waals surface area (Å²) < 4.78 is 31.8. The van der Waals surface area contributed by atoms with Gasteiger partial charge in [-0.25, -0.2) is 8.42 Å². The Balaban J connectivity index is 2.21. The zero-order chi connectivity index (χ0) is 20.2. The number of nitrogens with one attached hydrogen (secondary N) is 1. The second kappa shape index (κ2) is 8.93. The van der Waals surface area contributed by atoms with Gasteiger partial charge in [0.1, 0.15) is 5.75 Å². The van der Waals surface area contributed by atoms with E-state index in [1.807, 2.05) is 6.92 Å². The SMILES string of the molecule is CCN(CC(=O)Nc1cc(Cl)ccc1C)S(=O)(=O)c1ccc(OC)c(Cl)c1. The van der Waals surface area contributed by atoms with Crippen LogP contribution >= 0.6 is 23.2 Å². The number of sulfonamides is 1. The van der Waals surface area contributed by atoms with Crippen molar-refractivity contribution < 1.29 is 17.9 Å². The van der Waals surface area contributed by atoms with Crippen molar-refractivity contribution in [3.63, 3.8) is 0 Å². The summed E-state index contributed by atoms with van der Waals surface area (Å²) in [6.45, 7) is 3.25. The summed E-state index contributed by atoms with van der Waals surface area (Å²) >= 11 is 12.0. The first-order valence-corrected chi connectivity index (χ1v) is 10.3. The molecule has 0 aliphatic heterocycles. The van der Waals surface area contributed by atoms with Gasteiger partial charge < -0.3 is 10.1 Å². The van der Waals surface area contributed by atoms with Crippen molar-refractivity contribution in [2.24, 2.45) is 0 Å². The van der Waals surface area contributed by atoms with Gasteiger partial charge in [0.15, 0.2) is 0 Å². The van der Waals surface area contributed by atoms with Gasteiger partial charge in [0.05, 0.1) is 23.6 Å². The average Bonchev–Trinajstić information content (AvgIpc) is 2.62. The second-order valence-electron chi connectivity index (χ2n) is 5.73. The van der Waals surface area contributed by atoms with Crippen molar-refractivity contribution in [2.75, 3.05) is 25.5 Å². The van der Waals surface area contributed by atoms with Crippen LogP contribution in [0.3, 0.4) is 0 Å². The number of ether oxygens (including phenoxy) is 1. The van der Waals surface area contributed by atoms with Gasteiger partial charge in [-0.3, -0.25) is 4.79 Å². The lowest BCUT2D eigenvalue weighted by Crippen LogP contribution is -2.37. The molecule has 0 fully saturated rings. The molecular weight excluding hydrogens is 411 g/mol. The summed E-state index contributed by atoms with van der Waals surface area (Å²) in [5.41, 5.74) is 1.36. The maximum atomic E-state index is 12.8. The number of nitrogens with zero attached hydrogens (tertiary/aromatic N) is 1. The van der Waals surface area contributed by atoms with Crippen LogP contribution < -0.4 is 10.1 Å². The first kappa shape index (κ1) is 21.5. The van der Waals surface area contributed by atoms with Crippen LogP contribution in [-0.2, 0) is 14.8 Å². The van der Waals surface area contributed by atoms with Crippen LogP contribution in [0.25, 0.3) is 0 Å². The third-order valence-corrected chi connectivity index (χ3v) is 6.35. The van der Waals surface area contributed by atoms with Gasteiger partial charge in [-0.1, -0.05) is 36.2 Å². The fourth-order valence-corrected chi connectivity index (χ4v) is 4.33. The maximum Gasteiger partial charge on any atom is 0.243 e. The Morgan fingerprint density at radius 3 is 2.48 bits per heavy atom. The predicted molar refractivity (Wildman–Crippen MR) is 107 cm³/mol. The van der Waals surface area contributed by atoms with Gasteiger partial charge in [0, 0.05) is 17.3 Å². The number of methoxy groups -OCH3 is 1. The molecule has 0 bridgehead atoms. The van der Waals surface area contributed by atoms with E-state index in [9.17, 15) is 13.2 Å². The molecule has 0 radical (unpaired) electrons. The summed E-state index contributed by atoms with van der Waals surface area (Å²) in [4.78, 5) is 12.4. The molecule has 2 rings (SSSR count). The number of likely N-dealkylation sites (N-methyl/N-ethyl adjacent to an activating group) is 1. The zero-order valence-electron chi connectivity index (χ0n) is 15.1. The topological polar surface area (TPSA) is 75.7 Å². The highest BCUT2D eigenvalue weighted by molar-refractivity contribution is 7.89. The lowest BCUT2D eigenvalue weighted by Gasteiger charge is -2.21. The van der Waals surface area contributed by atoms with E-state index in [2.05, 4.69) is 5.32 Å². The van der Waals surface area contributed by atoms with Gasteiger partial charge in [-0.15, -0.1) is 0 Å². The number of carbonyl (C=O) groups is 1. The minimum absolute atomic E-state index is 0.0121. The van der Waals surface area contributed by atoms with Crippen LogP contribution in [0, 0.1) is 6.92 Å². The van der Waals surface area contributed by atoms with Gasteiger partial charge in [0.2, 0.25) is 15.9 Å². The van der Waals surface area contributed by atoms with Crippen molar-refractivity contribution in [3.8, 4) is 5.75 Å². The summed E-state index contributed by atoms with van der Waals surface area (Å²) in [5, 5.41) is 3.34. The molecule has 0 aliphatic carbocycles. The van der Waals surface area contributed by atoms with E-state index in [0.717, 1.165) is 9.87 Å². The van der Waals surface area contributed by atoms with E-state index in [4.69, 9.17) is 27.9 Å². The second-order valence-corrected chi connectivity index (χ2v) is 8.52. The Morgan fingerprint density at radius 1 is 1.19 bits per heavy atom. The molecule has 0 saturated carbocycles. The average molecular weight is 431 g/mol. The summed E-state index contributed by atoms with van der Waals surface area (Å²) in [6.07, 6.45) is 0. The first-order valence-electron chi connectivity index (χ1n) is 8.08. The van der Waals surface area contributed by atoms with Crippen LogP contribution in [0.2, 0.25) is 10.0 Å². The number of carbonyl (C=O) groups excluding carboxylic acids is 1. The Morgan fingerprint density at radius 2 is 1.89 bits per heavy atom. The Bertz CT molecular complexity index is 948. The number of aryl methyl sites for hydroxylation is 1. The smallest absolute Gasteiger partial charge is 0.243 e. The number of halogens is 2. The molecule has 2 aromatic carbocycles. The molecule has 0 heterocycles. The summed E-state index contributed by atoms with van der Waals surface area (Å²) in [7, 11) is -2.46. The molecule has 0 aromatic heterocycles. The number of benzene rings is 2. The molecule has 9 heteroatoms. The zero-order valence-corrected chi connectivity index (χ0v) is 17.5. The van der Waals surface area contributed by atoms with E-state index in [0.29, 0.717) is 16.5 Å². The van der Waals surface area contributed by atoms with Gasteiger partial charge in [0.25, 0.3) is 0 Å². The van der Waals surface area contributed by atoms with Crippen LogP contribution in [-0.4, -0.2) is 38.8 Å². The van der Waals surface area contributed by atoms with Crippen LogP contribution in [0.1, 0.15) is 12.5 Å². The molecule has 6 nitrogen and oxygen atoms in total. The molecule has 0 aliphatic rings. The molecule has 1 amide bonds. The highest BCUT2D eigenvalue weighted by atomic mass is 35.5. The monoisotopic (exact) mass is 430 g/mol. The molecular formula is C18H20Cl2N2O4S. The Hall–Kier alpha value is -1.80. The van der Waals surface area contributed by atoms with E-state index < -0.39 is 15.9 Å². The third kappa shape index (κ3) is 5.13. The highest BCUT2D eigenvalue weighted by Gasteiger charge is 2.26. The van der Waals surface area contributed by atoms with E-state index in [1.165, 1.54) is 25.3 Å². The minimum Gasteiger partial charge on any atom is -0.495 e. The molecule has 2 aromatic rings. The number of anilines is 1. The van der Waals surface area contributed by atoms with Gasteiger partial charge in [-0.05, 0) is 42.8 Å². The molecule has 0 unspecified atom stereocenters. The summed E-state index contributed by atoms with van der Waals surface area (Å²) in [6, 6.07) is 9.26. The molecule has 27 heavy (non-hydrogen) atoms. The van der Waals surface area contributed by atoms with Crippen molar-refractivity contribution in [1.29, 1.82) is 0 Å². The lowest BCUT2D eigenvalue weighted by molar-refractivity contribution is -0.116. The van der Waals surface area contributed by atoms with Crippen molar-refractivity contribution >= 4 is 44.8 Å². The Kier molecular flexibility index (Phi) is 7.11. The normalized spacial score (nSPS) is 11.5. The molecule has 0 spiro atoms.